The molecule has 2 aromatic rings. The molecule has 0 aromatic heterocycles. The lowest BCUT2D eigenvalue weighted by molar-refractivity contribution is -0.385. The number of ether oxygens (including phenoxy) is 2. The lowest BCUT2D eigenvalue weighted by Crippen LogP contribution is -2.39. The van der Waals surface area contributed by atoms with Gasteiger partial charge in [0.15, 0.2) is 11.5 Å². The summed E-state index contributed by atoms with van der Waals surface area (Å²) in [5, 5.41) is 11.3. The molecule has 178 valence electrons. The van der Waals surface area contributed by atoms with Crippen molar-refractivity contribution in [1.82, 2.24) is 4.90 Å². The molecule has 1 aliphatic heterocycles. The van der Waals surface area contributed by atoms with Gasteiger partial charge in [-0.3, -0.25) is 19.8 Å². The van der Waals surface area contributed by atoms with Gasteiger partial charge >= 0.3 is 0 Å². The fourth-order valence-electron chi connectivity index (χ4n) is 4.25. The molecule has 1 amide bonds. The Morgan fingerprint density at radius 1 is 1.15 bits per heavy atom. The Kier molecular flexibility index (Phi) is 7.84. The zero-order chi connectivity index (χ0) is 24.1. The first kappa shape index (κ1) is 24.2. The van der Waals surface area contributed by atoms with Gasteiger partial charge in [-0.25, -0.2) is 0 Å². The Morgan fingerprint density at radius 2 is 1.91 bits per heavy atom. The van der Waals surface area contributed by atoms with Crippen LogP contribution in [0.5, 0.6) is 11.5 Å². The number of thiocarbonyl (C=S) groups is 1. The number of carbonyl (C=O) groups is 1. The summed E-state index contributed by atoms with van der Waals surface area (Å²) in [7, 11) is 0. The minimum atomic E-state index is -0.422. The molecule has 34 heavy (non-hydrogen) atoms. The molecule has 1 heterocycles. The van der Waals surface area contributed by atoms with Crippen molar-refractivity contribution in [3.05, 3.63) is 68.6 Å². The van der Waals surface area contributed by atoms with Crippen molar-refractivity contribution in [2.24, 2.45) is 0 Å². The Labute approximate surface area is 208 Å². The number of thioether (sulfide) groups is 1. The quantitative estimate of drug-likeness (QED) is 0.188. The number of nitrogens with zero attached hydrogens (tertiary/aromatic N) is 2. The summed E-state index contributed by atoms with van der Waals surface area (Å²) in [5.74, 6) is 0.959. The molecule has 1 saturated heterocycles. The molecule has 2 aromatic carbocycles. The van der Waals surface area contributed by atoms with E-state index in [1.165, 1.54) is 24.2 Å². The fourth-order valence-corrected chi connectivity index (χ4v) is 5.65. The van der Waals surface area contributed by atoms with Gasteiger partial charge in [-0.1, -0.05) is 61.4 Å². The second-order valence-electron chi connectivity index (χ2n) is 8.16. The van der Waals surface area contributed by atoms with E-state index >= 15 is 0 Å². The van der Waals surface area contributed by atoms with E-state index in [1.807, 2.05) is 25.1 Å². The van der Waals surface area contributed by atoms with Gasteiger partial charge in [-0.2, -0.15) is 0 Å². The predicted molar refractivity (Wildman–Crippen MR) is 137 cm³/mol. The van der Waals surface area contributed by atoms with Crippen LogP contribution in [-0.4, -0.2) is 32.7 Å². The molecule has 7 nitrogen and oxygen atoms in total. The van der Waals surface area contributed by atoms with Crippen LogP contribution in [0.1, 0.15) is 50.2 Å². The number of amides is 1. The zero-order valence-corrected chi connectivity index (χ0v) is 20.5. The molecule has 9 heteroatoms. The summed E-state index contributed by atoms with van der Waals surface area (Å²) < 4.78 is 12.3. The first-order valence-electron chi connectivity index (χ1n) is 11.4. The summed E-state index contributed by atoms with van der Waals surface area (Å²) in [5.41, 5.74) is 1.29. The Bertz CT molecular complexity index is 1130. The Hall–Kier alpha value is -2.91. The van der Waals surface area contributed by atoms with Gasteiger partial charge < -0.3 is 9.47 Å². The standard InChI is InChI=1S/C25H26N2O5S2/c1-2-31-22-14-17(12-13-21(22)32-16-18-8-6-7-11-20(18)27(29)30)15-23-24(28)26(25(33)34-23)19-9-4-3-5-10-19/h6-8,11-15,19H,2-5,9-10,16H2,1H3/b23-15-. The Morgan fingerprint density at radius 3 is 2.65 bits per heavy atom. The maximum absolute atomic E-state index is 13.1. The van der Waals surface area contributed by atoms with E-state index in [-0.39, 0.29) is 24.2 Å². The van der Waals surface area contributed by atoms with Gasteiger partial charge in [0.1, 0.15) is 10.9 Å². The van der Waals surface area contributed by atoms with Gasteiger partial charge in [-0.05, 0) is 49.6 Å². The van der Waals surface area contributed by atoms with E-state index < -0.39 is 4.92 Å². The Balaban J connectivity index is 1.52. The van der Waals surface area contributed by atoms with Crippen LogP contribution in [-0.2, 0) is 11.4 Å². The lowest BCUT2D eigenvalue weighted by Gasteiger charge is -2.29. The molecule has 0 spiro atoms. The monoisotopic (exact) mass is 498 g/mol. The maximum atomic E-state index is 13.1. The first-order chi connectivity index (χ1) is 16.5. The number of rotatable bonds is 8. The van der Waals surface area contributed by atoms with Gasteiger partial charge in [-0.15, -0.1) is 0 Å². The van der Waals surface area contributed by atoms with Crippen LogP contribution in [0.2, 0.25) is 0 Å². The third-order valence-electron chi connectivity index (χ3n) is 5.90. The van der Waals surface area contributed by atoms with E-state index in [2.05, 4.69) is 0 Å². The highest BCUT2D eigenvalue weighted by Gasteiger charge is 2.37. The molecule has 0 N–H and O–H groups in total. The average molecular weight is 499 g/mol. The molecule has 0 atom stereocenters. The van der Waals surface area contributed by atoms with Crippen molar-refractivity contribution in [1.29, 1.82) is 0 Å². The largest absolute Gasteiger partial charge is 0.490 e. The van der Waals surface area contributed by atoms with Crippen LogP contribution >= 0.6 is 24.0 Å². The zero-order valence-electron chi connectivity index (χ0n) is 18.9. The number of carbonyl (C=O) groups excluding carboxylic acids is 1. The third kappa shape index (κ3) is 5.42. The average Bonchev–Trinajstić information content (AvgIpc) is 3.12. The normalized spacial score (nSPS) is 17.9. The van der Waals surface area contributed by atoms with Crippen LogP contribution in [0.25, 0.3) is 6.08 Å². The summed E-state index contributed by atoms with van der Waals surface area (Å²) in [6, 6.07) is 12.1. The van der Waals surface area contributed by atoms with E-state index in [0.717, 1.165) is 31.2 Å². The number of benzene rings is 2. The SMILES string of the molecule is CCOc1cc(/C=C2\SC(=S)N(C3CCCCC3)C2=O)ccc1OCc1ccccc1[N+](=O)[O-]. The fraction of sp³-hybridized carbons (Fsp3) is 0.360. The first-order valence-corrected chi connectivity index (χ1v) is 12.6. The number of para-hydroxylation sites is 1. The van der Waals surface area contributed by atoms with Gasteiger partial charge in [0.25, 0.3) is 11.6 Å². The van der Waals surface area contributed by atoms with E-state index in [4.69, 9.17) is 21.7 Å². The second-order valence-corrected chi connectivity index (χ2v) is 9.83. The van der Waals surface area contributed by atoms with Gasteiger partial charge in [0, 0.05) is 12.1 Å². The molecule has 0 bridgehead atoms. The minimum absolute atomic E-state index is 0.0112. The third-order valence-corrected chi connectivity index (χ3v) is 7.23. The molecule has 1 aliphatic carbocycles. The van der Waals surface area contributed by atoms with Crippen molar-refractivity contribution in [2.45, 2.75) is 51.7 Å². The molecule has 4 rings (SSSR count). The van der Waals surface area contributed by atoms with Crippen LogP contribution in [0, 0.1) is 10.1 Å². The summed E-state index contributed by atoms with van der Waals surface area (Å²) in [4.78, 5) is 26.3. The number of nitro groups is 1. The van der Waals surface area contributed by atoms with Crippen LogP contribution < -0.4 is 9.47 Å². The van der Waals surface area contributed by atoms with Crippen molar-refractivity contribution >= 4 is 46.0 Å². The van der Waals surface area contributed by atoms with Gasteiger partial charge in [0.2, 0.25) is 0 Å². The molecular weight excluding hydrogens is 472 g/mol. The highest BCUT2D eigenvalue weighted by Crippen LogP contribution is 2.38. The number of hydrogen-bond donors (Lipinski definition) is 0. The van der Waals surface area contributed by atoms with Crippen molar-refractivity contribution in [3.63, 3.8) is 0 Å². The van der Waals surface area contributed by atoms with Crippen LogP contribution in [0.3, 0.4) is 0 Å². The summed E-state index contributed by atoms with van der Waals surface area (Å²) >= 11 is 6.86. The summed E-state index contributed by atoms with van der Waals surface area (Å²) in [6.45, 7) is 2.33. The molecule has 2 aliphatic rings. The molecule has 1 saturated carbocycles. The predicted octanol–water partition coefficient (Wildman–Crippen LogP) is 6.11. The van der Waals surface area contributed by atoms with Crippen molar-refractivity contribution in [3.8, 4) is 11.5 Å². The number of hydrogen-bond acceptors (Lipinski definition) is 7. The lowest BCUT2D eigenvalue weighted by atomic mass is 9.94. The minimum Gasteiger partial charge on any atom is -0.490 e. The number of nitro benzene ring substituents is 1. The molecular formula is C25H26N2O5S2. The maximum Gasteiger partial charge on any atom is 0.276 e. The van der Waals surface area contributed by atoms with Crippen LogP contribution in [0.4, 0.5) is 5.69 Å². The second kappa shape index (κ2) is 11.0. The van der Waals surface area contributed by atoms with Crippen molar-refractivity contribution in [2.75, 3.05) is 6.61 Å². The van der Waals surface area contributed by atoms with E-state index in [0.29, 0.717) is 32.9 Å². The molecule has 2 fully saturated rings. The van der Waals surface area contributed by atoms with Gasteiger partial charge in [0.05, 0.1) is 22.0 Å². The molecule has 0 unspecified atom stereocenters. The highest BCUT2D eigenvalue weighted by molar-refractivity contribution is 8.26. The van der Waals surface area contributed by atoms with Crippen LogP contribution in [0.15, 0.2) is 47.4 Å². The van der Waals surface area contributed by atoms with E-state index in [1.54, 1.807) is 29.2 Å². The summed E-state index contributed by atoms with van der Waals surface area (Å²) in [6.07, 6.45) is 7.31. The highest BCUT2D eigenvalue weighted by atomic mass is 32.2. The molecule has 0 radical (unpaired) electrons. The topological polar surface area (TPSA) is 81.9 Å². The van der Waals surface area contributed by atoms with E-state index in [9.17, 15) is 14.9 Å². The smallest absolute Gasteiger partial charge is 0.276 e. The van der Waals surface area contributed by atoms with Crippen molar-refractivity contribution < 1.29 is 19.2 Å².